The van der Waals surface area contributed by atoms with Crippen LogP contribution in [0.5, 0.6) is 5.75 Å². The first-order valence-electron chi connectivity index (χ1n) is 5.32. The molecule has 3 nitrogen and oxygen atoms in total. The van der Waals surface area contributed by atoms with Gasteiger partial charge in [0, 0.05) is 11.8 Å². The highest BCUT2D eigenvalue weighted by Gasteiger charge is 1.97. The SMILES string of the molecule is Cc1ccc(OCc2ccc(C#N)nc2)cc1. The summed E-state index contributed by atoms with van der Waals surface area (Å²) in [6.07, 6.45) is 1.66. The van der Waals surface area contributed by atoms with E-state index in [0.717, 1.165) is 11.3 Å². The summed E-state index contributed by atoms with van der Waals surface area (Å²) in [4.78, 5) is 3.98. The Kier molecular flexibility index (Phi) is 3.37. The summed E-state index contributed by atoms with van der Waals surface area (Å²) in [6.45, 7) is 2.50. The molecule has 0 N–H and O–H groups in total. The Labute approximate surface area is 100 Å². The highest BCUT2D eigenvalue weighted by atomic mass is 16.5. The number of rotatable bonds is 3. The molecule has 2 aromatic rings. The van der Waals surface area contributed by atoms with Crippen LogP contribution in [0.4, 0.5) is 0 Å². The van der Waals surface area contributed by atoms with Crippen LogP contribution in [-0.4, -0.2) is 4.98 Å². The van der Waals surface area contributed by atoms with Crippen LogP contribution in [0.2, 0.25) is 0 Å². The van der Waals surface area contributed by atoms with Crippen LogP contribution in [0.1, 0.15) is 16.8 Å². The lowest BCUT2D eigenvalue weighted by Gasteiger charge is -2.06. The molecule has 0 aliphatic carbocycles. The smallest absolute Gasteiger partial charge is 0.140 e. The topological polar surface area (TPSA) is 45.9 Å². The number of benzene rings is 1. The van der Waals surface area contributed by atoms with Crippen molar-refractivity contribution in [3.63, 3.8) is 0 Å². The monoisotopic (exact) mass is 224 g/mol. The van der Waals surface area contributed by atoms with Gasteiger partial charge in [-0.25, -0.2) is 4.98 Å². The lowest BCUT2D eigenvalue weighted by Crippen LogP contribution is -1.96. The molecule has 1 heterocycles. The summed E-state index contributed by atoms with van der Waals surface area (Å²) in [6, 6.07) is 13.4. The Bertz CT molecular complexity index is 524. The predicted octanol–water partition coefficient (Wildman–Crippen LogP) is 2.84. The van der Waals surface area contributed by atoms with E-state index in [1.165, 1.54) is 5.56 Å². The van der Waals surface area contributed by atoms with E-state index in [9.17, 15) is 0 Å². The molecule has 0 spiro atoms. The molecule has 0 saturated carbocycles. The Morgan fingerprint density at radius 3 is 2.53 bits per heavy atom. The van der Waals surface area contributed by atoms with E-state index in [1.54, 1.807) is 12.3 Å². The third-order valence-electron chi connectivity index (χ3n) is 2.37. The Balaban J connectivity index is 1.98. The van der Waals surface area contributed by atoms with Crippen LogP contribution in [0.3, 0.4) is 0 Å². The van der Waals surface area contributed by atoms with Crippen LogP contribution < -0.4 is 4.74 Å². The lowest BCUT2D eigenvalue weighted by atomic mass is 10.2. The number of pyridine rings is 1. The second-order valence-electron chi connectivity index (χ2n) is 3.77. The van der Waals surface area contributed by atoms with Gasteiger partial charge in [0.1, 0.15) is 24.1 Å². The third kappa shape index (κ3) is 3.05. The number of aryl methyl sites for hydroxylation is 1. The van der Waals surface area contributed by atoms with Crippen LogP contribution in [-0.2, 0) is 6.61 Å². The molecule has 0 aliphatic rings. The van der Waals surface area contributed by atoms with Gasteiger partial charge in [-0.3, -0.25) is 0 Å². The minimum Gasteiger partial charge on any atom is -0.489 e. The first kappa shape index (κ1) is 11.2. The number of hydrogen-bond donors (Lipinski definition) is 0. The maximum atomic E-state index is 8.62. The second kappa shape index (κ2) is 5.13. The first-order valence-corrected chi connectivity index (χ1v) is 5.32. The maximum absolute atomic E-state index is 8.62. The molecule has 17 heavy (non-hydrogen) atoms. The van der Waals surface area contributed by atoms with Gasteiger partial charge in [0.05, 0.1) is 0 Å². The van der Waals surface area contributed by atoms with Crippen molar-refractivity contribution in [3.05, 3.63) is 59.4 Å². The molecule has 0 radical (unpaired) electrons. The quantitative estimate of drug-likeness (QED) is 0.805. The van der Waals surface area contributed by atoms with E-state index in [1.807, 2.05) is 43.3 Å². The summed E-state index contributed by atoms with van der Waals surface area (Å²) in [5, 5.41) is 8.62. The van der Waals surface area contributed by atoms with Gasteiger partial charge in [0.15, 0.2) is 0 Å². The molecule has 0 fully saturated rings. The standard InChI is InChI=1S/C14H12N2O/c1-11-2-6-14(7-3-11)17-10-12-4-5-13(8-15)16-9-12/h2-7,9H,10H2,1H3. The molecule has 0 bridgehead atoms. The number of aromatic nitrogens is 1. The fourth-order valence-electron chi connectivity index (χ4n) is 1.38. The van der Waals surface area contributed by atoms with Gasteiger partial charge in [-0.15, -0.1) is 0 Å². The van der Waals surface area contributed by atoms with Gasteiger partial charge in [0.2, 0.25) is 0 Å². The van der Waals surface area contributed by atoms with Crippen LogP contribution in [0.15, 0.2) is 42.6 Å². The molecule has 84 valence electrons. The van der Waals surface area contributed by atoms with Crippen molar-refractivity contribution < 1.29 is 4.74 Å². The van der Waals surface area contributed by atoms with Crippen LogP contribution in [0, 0.1) is 18.3 Å². The average molecular weight is 224 g/mol. The van der Waals surface area contributed by atoms with Gasteiger partial charge < -0.3 is 4.74 Å². The Morgan fingerprint density at radius 2 is 1.94 bits per heavy atom. The molecule has 0 aliphatic heterocycles. The summed E-state index contributed by atoms with van der Waals surface area (Å²) < 4.78 is 5.60. The van der Waals surface area contributed by atoms with E-state index < -0.39 is 0 Å². The zero-order valence-corrected chi connectivity index (χ0v) is 9.55. The van der Waals surface area contributed by atoms with E-state index in [-0.39, 0.29) is 0 Å². The molecular formula is C14H12N2O. The molecule has 0 unspecified atom stereocenters. The van der Waals surface area contributed by atoms with Gasteiger partial charge >= 0.3 is 0 Å². The number of ether oxygens (including phenoxy) is 1. The van der Waals surface area contributed by atoms with Gasteiger partial charge in [-0.05, 0) is 25.1 Å². The van der Waals surface area contributed by atoms with Crippen molar-refractivity contribution in [2.75, 3.05) is 0 Å². The van der Waals surface area contributed by atoms with Crippen molar-refractivity contribution in [1.82, 2.24) is 4.98 Å². The molecular weight excluding hydrogens is 212 g/mol. The summed E-state index contributed by atoms with van der Waals surface area (Å²) in [7, 11) is 0. The summed E-state index contributed by atoms with van der Waals surface area (Å²) in [5.41, 5.74) is 2.58. The zero-order chi connectivity index (χ0) is 12.1. The van der Waals surface area contributed by atoms with Crippen molar-refractivity contribution in [1.29, 1.82) is 5.26 Å². The normalized spacial score (nSPS) is 9.65. The Hall–Kier alpha value is -2.34. The molecule has 0 amide bonds. The minimum absolute atomic E-state index is 0.420. The highest BCUT2D eigenvalue weighted by Crippen LogP contribution is 2.13. The zero-order valence-electron chi connectivity index (χ0n) is 9.55. The fraction of sp³-hybridized carbons (Fsp3) is 0.143. The molecule has 0 saturated heterocycles. The van der Waals surface area contributed by atoms with Gasteiger partial charge in [-0.2, -0.15) is 5.26 Å². The van der Waals surface area contributed by atoms with Gasteiger partial charge in [-0.1, -0.05) is 23.8 Å². The first-order chi connectivity index (χ1) is 8.28. The molecule has 1 aromatic carbocycles. The van der Waals surface area contributed by atoms with Gasteiger partial charge in [0.25, 0.3) is 0 Å². The van der Waals surface area contributed by atoms with Crippen molar-refractivity contribution in [3.8, 4) is 11.8 Å². The maximum Gasteiger partial charge on any atom is 0.140 e. The van der Waals surface area contributed by atoms with Crippen molar-refractivity contribution in [2.45, 2.75) is 13.5 Å². The number of nitriles is 1. The molecule has 0 atom stereocenters. The molecule has 3 heteroatoms. The van der Waals surface area contributed by atoms with E-state index in [2.05, 4.69) is 4.98 Å². The Morgan fingerprint density at radius 1 is 1.18 bits per heavy atom. The summed E-state index contributed by atoms with van der Waals surface area (Å²) >= 11 is 0. The van der Waals surface area contributed by atoms with E-state index >= 15 is 0 Å². The summed E-state index contributed by atoms with van der Waals surface area (Å²) in [5.74, 6) is 0.833. The van der Waals surface area contributed by atoms with Crippen molar-refractivity contribution in [2.24, 2.45) is 0 Å². The van der Waals surface area contributed by atoms with Crippen molar-refractivity contribution >= 4 is 0 Å². The van der Waals surface area contributed by atoms with Crippen LogP contribution in [0.25, 0.3) is 0 Å². The number of nitrogens with zero attached hydrogens (tertiary/aromatic N) is 2. The van der Waals surface area contributed by atoms with E-state index in [0.29, 0.717) is 12.3 Å². The molecule has 2 rings (SSSR count). The minimum atomic E-state index is 0.420. The second-order valence-corrected chi connectivity index (χ2v) is 3.77. The highest BCUT2D eigenvalue weighted by molar-refractivity contribution is 5.27. The number of hydrogen-bond acceptors (Lipinski definition) is 3. The average Bonchev–Trinajstić information content (AvgIpc) is 2.39. The largest absolute Gasteiger partial charge is 0.489 e. The lowest BCUT2D eigenvalue weighted by molar-refractivity contribution is 0.305. The van der Waals surface area contributed by atoms with E-state index in [4.69, 9.17) is 10.00 Å². The molecule has 1 aromatic heterocycles. The van der Waals surface area contributed by atoms with Crippen LogP contribution >= 0.6 is 0 Å². The predicted molar refractivity (Wildman–Crippen MR) is 64.5 cm³/mol. The fourth-order valence-corrected chi connectivity index (χ4v) is 1.38. The third-order valence-corrected chi connectivity index (χ3v) is 2.37.